The topological polar surface area (TPSA) is 64.4 Å². The van der Waals surface area contributed by atoms with Crippen molar-refractivity contribution in [1.29, 1.82) is 0 Å². The second-order valence-corrected chi connectivity index (χ2v) is 8.90. The first-order valence-corrected chi connectivity index (χ1v) is 11.7. The fourth-order valence-electron chi connectivity index (χ4n) is 3.82. The number of rotatable bonds is 8. The van der Waals surface area contributed by atoms with Gasteiger partial charge in [-0.2, -0.15) is 0 Å². The van der Waals surface area contributed by atoms with Crippen molar-refractivity contribution in [3.63, 3.8) is 0 Å². The number of amides is 1. The molecule has 0 unspecified atom stereocenters. The molecule has 3 atom stereocenters. The lowest BCUT2D eigenvalue weighted by Gasteiger charge is -2.34. The molecule has 1 fully saturated rings. The first kappa shape index (κ1) is 21.8. The van der Waals surface area contributed by atoms with E-state index in [1.54, 1.807) is 11.8 Å². The smallest absolute Gasteiger partial charge is 0.230 e. The molecule has 1 aromatic heterocycles. The number of nitrogens with one attached hydrogen (secondary N) is 1. The van der Waals surface area contributed by atoms with Crippen LogP contribution in [-0.4, -0.2) is 29.3 Å². The van der Waals surface area contributed by atoms with E-state index in [0.717, 1.165) is 29.2 Å². The maximum absolute atomic E-state index is 12.4. The average molecular weight is 417 g/mol. The summed E-state index contributed by atoms with van der Waals surface area (Å²) in [4.78, 5) is 17.0. The molecule has 158 valence electrons. The summed E-state index contributed by atoms with van der Waals surface area (Å²) in [5.74, 6) is 4.70. The van der Waals surface area contributed by atoms with E-state index in [0.29, 0.717) is 41.9 Å². The molecule has 1 heterocycles. The Labute approximate surface area is 178 Å². The van der Waals surface area contributed by atoms with Crippen LogP contribution >= 0.6 is 11.8 Å². The van der Waals surface area contributed by atoms with Crippen LogP contribution in [0.4, 0.5) is 0 Å². The first-order chi connectivity index (χ1) is 14.0. The van der Waals surface area contributed by atoms with E-state index >= 15 is 0 Å². The molecule has 0 bridgehead atoms. The van der Waals surface area contributed by atoms with Crippen LogP contribution in [0.2, 0.25) is 0 Å². The number of nitrogens with zero attached hydrogens (tertiary/aromatic N) is 1. The van der Waals surface area contributed by atoms with Crippen LogP contribution in [-0.2, 0) is 10.5 Å². The third-order valence-corrected chi connectivity index (χ3v) is 6.77. The van der Waals surface area contributed by atoms with Gasteiger partial charge in [0.2, 0.25) is 11.8 Å². The lowest BCUT2D eigenvalue weighted by Crippen LogP contribution is -2.44. The molecule has 0 spiro atoms. The van der Waals surface area contributed by atoms with Gasteiger partial charge < -0.3 is 14.5 Å². The monoisotopic (exact) mass is 416 g/mol. The zero-order chi connectivity index (χ0) is 20.8. The molecule has 0 radical (unpaired) electrons. The number of thioether (sulfide) groups is 1. The summed E-state index contributed by atoms with van der Waals surface area (Å²) in [5, 5.41) is 3.23. The summed E-state index contributed by atoms with van der Waals surface area (Å²) in [5.41, 5.74) is 1.82. The molecule has 1 amide bonds. The van der Waals surface area contributed by atoms with Crippen LogP contribution in [0.25, 0.3) is 11.5 Å². The minimum Gasteiger partial charge on any atom is -0.494 e. The molecule has 1 saturated carbocycles. The van der Waals surface area contributed by atoms with E-state index in [-0.39, 0.29) is 5.91 Å². The highest BCUT2D eigenvalue weighted by Crippen LogP contribution is 2.30. The van der Waals surface area contributed by atoms with Crippen molar-refractivity contribution >= 4 is 17.7 Å². The number of ether oxygens (including phenoxy) is 1. The van der Waals surface area contributed by atoms with Gasteiger partial charge in [0, 0.05) is 17.4 Å². The summed E-state index contributed by atoms with van der Waals surface area (Å²) < 4.78 is 11.3. The zero-order valence-corrected chi connectivity index (χ0v) is 18.7. The van der Waals surface area contributed by atoms with E-state index in [4.69, 9.17) is 9.15 Å². The number of aromatic nitrogens is 1. The number of hydrogen-bond donors (Lipinski definition) is 1. The highest BCUT2D eigenvalue weighted by Gasteiger charge is 2.28. The van der Waals surface area contributed by atoms with Gasteiger partial charge in [0.05, 0.1) is 18.1 Å². The summed E-state index contributed by atoms with van der Waals surface area (Å²) in [6.07, 6.45) is 3.57. The van der Waals surface area contributed by atoms with Crippen molar-refractivity contribution in [2.75, 3.05) is 12.4 Å². The molecular weight excluding hydrogens is 384 g/mol. The molecule has 5 nitrogen and oxygen atoms in total. The Morgan fingerprint density at radius 3 is 2.76 bits per heavy atom. The Morgan fingerprint density at radius 2 is 2.03 bits per heavy atom. The van der Waals surface area contributed by atoms with Gasteiger partial charge >= 0.3 is 0 Å². The molecule has 29 heavy (non-hydrogen) atoms. The van der Waals surface area contributed by atoms with E-state index in [9.17, 15) is 4.79 Å². The number of benzene rings is 1. The zero-order valence-electron chi connectivity index (χ0n) is 17.9. The summed E-state index contributed by atoms with van der Waals surface area (Å²) in [6.45, 7) is 9.07. The molecule has 0 saturated heterocycles. The molecule has 1 N–H and O–H groups in total. The van der Waals surface area contributed by atoms with E-state index in [2.05, 4.69) is 24.1 Å². The predicted molar refractivity (Wildman–Crippen MR) is 118 cm³/mol. The lowest BCUT2D eigenvalue weighted by atomic mass is 9.78. The Balaban J connectivity index is 1.50. The maximum Gasteiger partial charge on any atom is 0.230 e. The van der Waals surface area contributed by atoms with Gasteiger partial charge in [0.15, 0.2) is 0 Å². The van der Waals surface area contributed by atoms with E-state index in [1.165, 1.54) is 12.8 Å². The molecule has 0 aliphatic heterocycles. The van der Waals surface area contributed by atoms with Crippen LogP contribution in [0, 0.1) is 18.8 Å². The Morgan fingerprint density at radius 1 is 1.28 bits per heavy atom. The van der Waals surface area contributed by atoms with Gasteiger partial charge in [-0.3, -0.25) is 4.79 Å². The summed E-state index contributed by atoms with van der Waals surface area (Å²) in [6, 6.07) is 8.06. The van der Waals surface area contributed by atoms with Gasteiger partial charge in [0.25, 0.3) is 0 Å². The highest BCUT2D eigenvalue weighted by atomic mass is 32.2. The van der Waals surface area contributed by atoms with Gasteiger partial charge in [-0.15, -0.1) is 11.8 Å². The molecule has 1 aromatic carbocycles. The Hall–Kier alpha value is -1.95. The molecule has 1 aliphatic rings. The van der Waals surface area contributed by atoms with Gasteiger partial charge in [0.1, 0.15) is 11.5 Å². The lowest BCUT2D eigenvalue weighted by molar-refractivity contribution is -0.119. The van der Waals surface area contributed by atoms with Crippen LogP contribution in [0.3, 0.4) is 0 Å². The third kappa shape index (κ3) is 5.78. The second-order valence-electron chi connectivity index (χ2n) is 7.91. The summed E-state index contributed by atoms with van der Waals surface area (Å²) >= 11 is 1.58. The first-order valence-electron chi connectivity index (χ1n) is 10.5. The van der Waals surface area contributed by atoms with Crippen LogP contribution in [0.1, 0.15) is 51.5 Å². The van der Waals surface area contributed by atoms with Crippen molar-refractivity contribution in [2.24, 2.45) is 11.8 Å². The number of hydrogen-bond acceptors (Lipinski definition) is 5. The number of carbonyl (C=O) groups is 1. The van der Waals surface area contributed by atoms with E-state index < -0.39 is 0 Å². The predicted octanol–water partition coefficient (Wildman–Crippen LogP) is 5.22. The molecular formula is C23H32N2O3S. The SMILES string of the molecule is CCOc1ccc(-c2nc(CSCC(=O)N[C@@H]3CCC[C@H](C)[C@@H]3C)c(C)o2)cc1. The fraction of sp³-hybridized carbons (Fsp3) is 0.565. The van der Waals surface area contributed by atoms with Gasteiger partial charge in [-0.1, -0.05) is 26.7 Å². The fourth-order valence-corrected chi connectivity index (χ4v) is 4.65. The number of carbonyl (C=O) groups excluding carboxylic acids is 1. The quantitative estimate of drug-likeness (QED) is 0.639. The molecule has 2 aromatic rings. The Bertz CT molecular complexity index is 803. The molecule has 3 rings (SSSR count). The minimum atomic E-state index is 0.119. The summed E-state index contributed by atoms with van der Waals surface area (Å²) in [7, 11) is 0. The number of oxazole rings is 1. The van der Waals surface area contributed by atoms with Crippen LogP contribution in [0.15, 0.2) is 28.7 Å². The largest absolute Gasteiger partial charge is 0.494 e. The second kappa shape index (κ2) is 10.2. The van der Waals surface area contributed by atoms with Crippen molar-refractivity contribution in [3.05, 3.63) is 35.7 Å². The Kier molecular flexibility index (Phi) is 7.64. The van der Waals surface area contributed by atoms with Crippen molar-refractivity contribution in [1.82, 2.24) is 10.3 Å². The van der Waals surface area contributed by atoms with Crippen molar-refractivity contribution in [2.45, 2.75) is 58.8 Å². The van der Waals surface area contributed by atoms with Crippen molar-refractivity contribution in [3.8, 4) is 17.2 Å². The average Bonchev–Trinajstić information content (AvgIpc) is 3.07. The standard InChI is InChI=1S/C23H32N2O3S/c1-5-27-19-11-9-18(10-12-19)23-25-21(17(4)28-23)13-29-14-22(26)24-20-8-6-7-15(2)16(20)3/h9-12,15-16,20H,5-8,13-14H2,1-4H3,(H,24,26)/t15-,16-,20+/m0/s1. The normalized spacial score (nSPS) is 21.7. The molecule has 6 heteroatoms. The van der Waals surface area contributed by atoms with E-state index in [1.807, 2.05) is 38.1 Å². The van der Waals surface area contributed by atoms with Crippen LogP contribution < -0.4 is 10.1 Å². The van der Waals surface area contributed by atoms with Crippen LogP contribution in [0.5, 0.6) is 5.75 Å². The minimum absolute atomic E-state index is 0.119. The maximum atomic E-state index is 12.4. The van der Waals surface area contributed by atoms with Gasteiger partial charge in [-0.05, 0) is 56.4 Å². The third-order valence-electron chi connectivity index (χ3n) is 5.83. The van der Waals surface area contributed by atoms with Crippen molar-refractivity contribution < 1.29 is 13.9 Å². The molecule has 1 aliphatic carbocycles. The highest BCUT2D eigenvalue weighted by molar-refractivity contribution is 7.99. The number of aryl methyl sites for hydroxylation is 1. The van der Waals surface area contributed by atoms with Gasteiger partial charge in [-0.25, -0.2) is 4.98 Å².